The van der Waals surface area contributed by atoms with Gasteiger partial charge in [0.1, 0.15) is 0 Å². The summed E-state index contributed by atoms with van der Waals surface area (Å²) in [6.45, 7) is 3.84. The van der Waals surface area contributed by atoms with E-state index in [9.17, 15) is 13.6 Å². The zero-order valence-corrected chi connectivity index (χ0v) is 12.3. The van der Waals surface area contributed by atoms with E-state index >= 15 is 0 Å². The molecule has 0 aliphatic rings. The Labute approximate surface area is 120 Å². The number of halogens is 2. The largest absolute Gasteiger partial charge is 0.334 e. The van der Waals surface area contributed by atoms with Gasteiger partial charge < -0.3 is 4.90 Å². The van der Waals surface area contributed by atoms with Crippen LogP contribution in [0.5, 0.6) is 0 Å². The monoisotopic (exact) mass is 295 g/mol. The molecule has 0 saturated heterocycles. The molecule has 0 N–H and O–H groups in total. The number of carbonyl (C=O) groups is 1. The molecule has 1 aromatic heterocycles. The molecule has 1 aromatic carbocycles. The molecule has 0 aliphatic carbocycles. The predicted octanol–water partition coefficient (Wildman–Crippen LogP) is 4.17. The van der Waals surface area contributed by atoms with Crippen molar-refractivity contribution >= 4 is 17.2 Å². The highest BCUT2D eigenvalue weighted by Crippen LogP contribution is 2.27. The number of nitrogens with zero attached hydrogens (tertiary/aromatic N) is 1. The van der Waals surface area contributed by atoms with Gasteiger partial charge in [-0.25, -0.2) is 8.78 Å². The summed E-state index contributed by atoms with van der Waals surface area (Å²) in [5, 5.41) is 0. The third-order valence-electron chi connectivity index (χ3n) is 3.26. The van der Waals surface area contributed by atoms with Crippen molar-refractivity contribution in [1.29, 1.82) is 0 Å². The highest BCUT2D eigenvalue weighted by molar-refractivity contribution is 7.12. The number of amides is 1. The molecule has 1 heterocycles. The second-order valence-electron chi connectivity index (χ2n) is 4.64. The van der Waals surface area contributed by atoms with Crippen molar-refractivity contribution in [3.8, 4) is 0 Å². The van der Waals surface area contributed by atoms with Gasteiger partial charge in [-0.15, -0.1) is 11.3 Å². The molecular formula is C15H15F2NOS. The molecule has 2 rings (SSSR count). The first-order chi connectivity index (χ1) is 9.41. The van der Waals surface area contributed by atoms with Gasteiger partial charge in [0.15, 0.2) is 11.6 Å². The zero-order chi connectivity index (χ0) is 14.9. The van der Waals surface area contributed by atoms with Crippen LogP contribution in [0.15, 0.2) is 30.3 Å². The van der Waals surface area contributed by atoms with Crippen molar-refractivity contribution in [2.45, 2.75) is 19.9 Å². The van der Waals surface area contributed by atoms with Crippen molar-refractivity contribution < 1.29 is 13.6 Å². The lowest BCUT2D eigenvalue weighted by Gasteiger charge is -2.24. The number of hydrogen-bond donors (Lipinski definition) is 0. The van der Waals surface area contributed by atoms with Gasteiger partial charge in [0.25, 0.3) is 5.91 Å². The minimum atomic E-state index is -1.10. The topological polar surface area (TPSA) is 20.3 Å². The maximum atomic E-state index is 13.7. The van der Waals surface area contributed by atoms with Crippen molar-refractivity contribution in [1.82, 2.24) is 4.90 Å². The van der Waals surface area contributed by atoms with E-state index in [4.69, 9.17) is 0 Å². The normalized spacial score (nSPS) is 12.2. The van der Waals surface area contributed by atoms with Gasteiger partial charge in [-0.1, -0.05) is 6.07 Å². The van der Waals surface area contributed by atoms with E-state index in [1.165, 1.54) is 17.0 Å². The third kappa shape index (κ3) is 2.72. The number of hydrogen-bond acceptors (Lipinski definition) is 2. The molecule has 0 saturated carbocycles. The molecule has 1 amide bonds. The molecule has 2 nitrogen and oxygen atoms in total. The summed E-state index contributed by atoms with van der Waals surface area (Å²) in [6.07, 6.45) is 0. The average molecular weight is 295 g/mol. The van der Waals surface area contributed by atoms with Gasteiger partial charge in [0, 0.05) is 16.8 Å². The Morgan fingerprint density at radius 2 is 1.95 bits per heavy atom. The zero-order valence-electron chi connectivity index (χ0n) is 11.5. The van der Waals surface area contributed by atoms with Crippen LogP contribution in [0.4, 0.5) is 8.78 Å². The first kappa shape index (κ1) is 14.7. The lowest BCUT2D eigenvalue weighted by atomic mass is 10.1. The third-order valence-corrected chi connectivity index (χ3v) is 4.43. The second-order valence-corrected chi connectivity index (χ2v) is 5.96. The van der Waals surface area contributed by atoms with Crippen LogP contribution in [0.2, 0.25) is 0 Å². The summed E-state index contributed by atoms with van der Waals surface area (Å²) in [6, 6.07) is 7.35. The molecule has 2 aromatic rings. The first-order valence-electron chi connectivity index (χ1n) is 6.19. The molecule has 0 spiro atoms. The molecule has 106 valence electrons. The minimum Gasteiger partial charge on any atom is -0.334 e. The SMILES string of the molecule is Cc1ccc(C(C)N(C)C(=O)c2cccc(F)c2F)s1. The fourth-order valence-corrected chi connectivity index (χ4v) is 2.88. The van der Waals surface area contributed by atoms with E-state index in [-0.39, 0.29) is 11.6 Å². The Bertz CT molecular complexity index is 639. The minimum absolute atomic E-state index is 0.191. The molecule has 1 unspecified atom stereocenters. The van der Waals surface area contributed by atoms with Gasteiger partial charge in [-0.3, -0.25) is 4.79 Å². The van der Waals surface area contributed by atoms with Crippen LogP contribution >= 0.6 is 11.3 Å². The quantitative estimate of drug-likeness (QED) is 0.832. The van der Waals surface area contributed by atoms with E-state index in [1.54, 1.807) is 18.4 Å². The fourth-order valence-electron chi connectivity index (χ4n) is 1.90. The van der Waals surface area contributed by atoms with Gasteiger partial charge in [0.2, 0.25) is 0 Å². The number of aryl methyl sites for hydroxylation is 1. The average Bonchev–Trinajstić information content (AvgIpc) is 2.86. The maximum Gasteiger partial charge on any atom is 0.257 e. The Morgan fingerprint density at radius 3 is 2.55 bits per heavy atom. The number of rotatable bonds is 3. The maximum absolute atomic E-state index is 13.7. The molecule has 0 fully saturated rings. The number of carbonyl (C=O) groups excluding carboxylic acids is 1. The first-order valence-corrected chi connectivity index (χ1v) is 7.01. The molecule has 0 radical (unpaired) electrons. The van der Waals surface area contributed by atoms with E-state index in [0.717, 1.165) is 15.8 Å². The van der Waals surface area contributed by atoms with Crippen molar-refractivity contribution in [2.75, 3.05) is 7.05 Å². The van der Waals surface area contributed by atoms with Crippen LogP contribution in [-0.4, -0.2) is 17.9 Å². The lowest BCUT2D eigenvalue weighted by molar-refractivity contribution is 0.0739. The van der Waals surface area contributed by atoms with E-state index in [0.29, 0.717) is 0 Å². The van der Waals surface area contributed by atoms with Crippen molar-refractivity contribution in [2.24, 2.45) is 0 Å². The van der Waals surface area contributed by atoms with Crippen LogP contribution in [-0.2, 0) is 0 Å². The summed E-state index contributed by atoms with van der Waals surface area (Å²) in [5.41, 5.74) is -0.243. The van der Waals surface area contributed by atoms with Crippen LogP contribution in [0.25, 0.3) is 0 Å². The van der Waals surface area contributed by atoms with Crippen LogP contribution in [0, 0.1) is 18.6 Å². The smallest absolute Gasteiger partial charge is 0.257 e. The Hall–Kier alpha value is -1.75. The van der Waals surface area contributed by atoms with E-state index in [1.807, 2.05) is 26.0 Å². The molecule has 20 heavy (non-hydrogen) atoms. The summed E-state index contributed by atoms with van der Waals surface area (Å²) in [4.78, 5) is 15.8. The summed E-state index contributed by atoms with van der Waals surface area (Å²) >= 11 is 1.58. The fraction of sp³-hybridized carbons (Fsp3) is 0.267. The van der Waals surface area contributed by atoms with Crippen LogP contribution in [0.3, 0.4) is 0 Å². The lowest BCUT2D eigenvalue weighted by Crippen LogP contribution is -2.30. The van der Waals surface area contributed by atoms with Gasteiger partial charge >= 0.3 is 0 Å². The Morgan fingerprint density at radius 1 is 1.25 bits per heavy atom. The number of thiophene rings is 1. The van der Waals surface area contributed by atoms with E-state index < -0.39 is 17.5 Å². The molecule has 0 bridgehead atoms. The Balaban J connectivity index is 2.26. The molecule has 0 aliphatic heterocycles. The Kier molecular flexibility index (Phi) is 4.18. The standard InChI is InChI=1S/C15H15F2NOS/c1-9-7-8-13(20-9)10(2)18(3)15(19)11-5-4-6-12(16)14(11)17/h4-8,10H,1-3H3. The molecule has 1 atom stereocenters. The number of benzene rings is 1. The van der Waals surface area contributed by atoms with Crippen LogP contribution < -0.4 is 0 Å². The van der Waals surface area contributed by atoms with Gasteiger partial charge in [-0.2, -0.15) is 0 Å². The van der Waals surface area contributed by atoms with Gasteiger partial charge in [0.05, 0.1) is 11.6 Å². The predicted molar refractivity (Wildman–Crippen MR) is 75.9 cm³/mol. The van der Waals surface area contributed by atoms with Crippen molar-refractivity contribution in [3.63, 3.8) is 0 Å². The molecule has 5 heteroatoms. The highest BCUT2D eigenvalue weighted by Gasteiger charge is 2.23. The summed E-state index contributed by atoms with van der Waals surface area (Å²) in [7, 11) is 1.59. The van der Waals surface area contributed by atoms with Crippen LogP contribution in [0.1, 0.15) is 33.1 Å². The molecular weight excluding hydrogens is 280 g/mol. The summed E-state index contributed by atoms with van der Waals surface area (Å²) in [5.74, 6) is -2.64. The van der Waals surface area contributed by atoms with Gasteiger partial charge in [-0.05, 0) is 38.1 Å². The van der Waals surface area contributed by atoms with E-state index in [2.05, 4.69) is 0 Å². The van der Waals surface area contributed by atoms with Crippen molar-refractivity contribution in [3.05, 3.63) is 57.3 Å². The summed E-state index contributed by atoms with van der Waals surface area (Å²) < 4.78 is 26.8. The second kappa shape index (κ2) is 5.71. The highest BCUT2D eigenvalue weighted by atomic mass is 32.1.